The van der Waals surface area contributed by atoms with Crippen LogP contribution in [0.25, 0.3) is 5.57 Å². The Hall–Kier alpha value is -1.34. The molecule has 0 fully saturated rings. The lowest BCUT2D eigenvalue weighted by atomic mass is 10.1. The number of allylic oxidation sites excluding steroid dienone is 2. The normalized spacial score (nSPS) is 14.2. The van der Waals surface area contributed by atoms with Crippen molar-refractivity contribution in [3.05, 3.63) is 54.1 Å². The van der Waals surface area contributed by atoms with E-state index in [9.17, 15) is 5.11 Å². The first kappa shape index (κ1) is 13.7. The molecule has 1 nitrogen and oxygen atoms in total. The van der Waals surface area contributed by atoms with Crippen LogP contribution < -0.4 is 0 Å². The van der Waals surface area contributed by atoms with Gasteiger partial charge < -0.3 is 5.11 Å². The number of aliphatic hydroxyl groups excluding tert-OH is 1. The molecule has 0 aliphatic rings. The summed E-state index contributed by atoms with van der Waals surface area (Å²) in [5.41, 5.74) is 2.27. The van der Waals surface area contributed by atoms with Crippen molar-refractivity contribution < 1.29 is 5.11 Å². The topological polar surface area (TPSA) is 20.2 Å². The minimum Gasteiger partial charge on any atom is -0.385 e. The van der Waals surface area contributed by atoms with Crippen LogP contribution in [-0.2, 0) is 0 Å². The molecule has 0 aliphatic heterocycles. The molecule has 0 amide bonds. The maximum Gasteiger partial charge on any atom is 0.0908 e. The summed E-state index contributed by atoms with van der Waals surface area (Å²) in [7, 11) is 0. The number of benzene rings is 1. The van der Waals surface area contributed by atoms with Gasteiger partial charge in [-0.15, -0.1) is 0 Å². The Morgan fingerprint density at radius 2 is 2.00 bits per heavy atom. The lowest BCUT2D eigenvalue weighted by molar-refractivity contribution is 0.271. The highest BCUT2D eigenvalue weighted by Gasteiger charge is 1.97. The molecule has 1 aromatic rings. The second kappa shape index (κ2) is 7.86. The molecule has 0 heterocycles. The monoisotopic (exact) mass is 230 g/mol. The first-order valence-electron chi connectivity index (χ1n) is 6.32. The Bertz CT molecular complexity index is 362. The Labute approximate surface area is 104 Å². The number of unbranched alkanes of at least 4 members (excludes halogenated alkanes) is 2. The van der Waals surface area contributed by atoms with Gasteiger partial charge in [0.2, 0.25) is 0 Å². The zero-order valence-electron chi connectivity index (χ0n) is 10.8. The summed E-state index contributed by atoms with van der Waals surface area (Å²) >= 11 is 0. The molecular weight excluding hydrogens is 208 g/mol. The lowest BCUT2D eigenvalue weighted by Gasteiger charge is -2.04. The zero-order chi connectivity index (χ0) is 12.5. The van der Waals surface area contributed by atoms with Crippen molar-refractivity contribution in [1.82, 2.24) is 0 Å². The molecule has 0 aliphatic carbocycles. The maximum absolute atomic E-state index is 9.82. The third kappa shape index (κ3) is 5.50. The highest BCUT2D eigenvalue weighted by molar-refractivity contribution is 5.64. The largest absolute Gasteiger partial charge is 0.385 e. The van der Waals surface area contributed by atoms with Crippen molar-refractivity contribution in [2.45, 2.75) is 39.2 Å². The van der Waals surface area contributed by atoms with E-state index < -0.39 is 6.10 Å². The Morgan fingerprint density at radius 3 is 2.65 bits per heavy atom. The van der Waals surface area contributed by atoms with Crippen LogP contribution in [0, 0.1) is 0 Å². The number of hydrogen-bond donors (Lipinski definition) is 1. The quantitative estimate of drug-likeness (QED) is 0.573. The average molecular weight is 230 g/mol. The van der Waals surface area contributed by atoms with Crippen LogP contribution in [0.2, 0.25) is 0 Å². The van der Waals surface area contributed by atoms with Gasteiger partial charge in [-0.05, 0) is 30.6 Å². The number of hydrogen-bond acceptors (Lipinski definition) is 1. The average Bonchev–Trinajstić information content (AvgIpc) is 2.36. The summed E-state index contributed by atoms with van der Waals surface area (Å²) in [6, 6.07) is 10.1. The molecule has 0 spiro atoms. The van der Waals surface area contributed by atoms with Gasteiger partial charge in [0.15, 0.2) is 0 Å². The van der Waals surface area contributed by atoms with E-state index in [1.807, 2.05) is 37.3 Å². The maximum atomic E-state index is 9.82. The van der Waals surface area contributed by atoms with Crippen LogP contribution in [-0.4, -0.2) is 11.2 Å². The first-order valence-corrected chi connectivity index (χ1v) is 6.32. The molecule has 17 heavy (non-hydrogen) atoms. The summed E-state index contributed by atoms with van der Waals surface area (Å²) in [6.45, 7) is 4.20. The smallest absolute Gasteiger partial charge is 0.0908 e. The summed E-state index contributed by atoms with van der Waals surface area (Å²) in [5.74, 6) is 0. The van der Waals surface area contributed by atoms with Gasteiger partial charge in [0.25, 0.3) is 0 Å². The van der Waals surface area contributed by atoms with E-state index in [1.165, 1.54) is 12.8 Å². The fraction of sp³-hybridized carbons (Fsp3) is 0.375. The summed E-state index contributed by atoms with van der Waals surface area (Å²) in [5, 5.41) is 9.82. The molecule has 1 atom stereocenters. The number of aliphatic hydroxyl groups is 1. The summed E-state index contributed by atoms with van der Waals surface area (Å²) in [6.07, 6.45) is 8.76. The van der Waals surface area contributed by atoms with Crippen LogP contribution >= 0.6 is 0 Å². The highest BCUT2D eigenvalue weighted by atomic mass is 16.3. The van der Waals surface area contributed by atoms with Crippen LogP contribution in [0.1, 0.15) is 38.7 Å². The molecule has 1 heteroatoms. The van der Waals surface area contributed by atoms with E-state index >= 15 is 0 Å². The van der Waals surface area contributed by atoms with E-state index in [1.54, 1.807) is 0 Å². The van der Waals surface area contributed by atoms with E-state index in [4.69, 9.17) is 0 Å². The van der Waals surface area contributed by atoms with Crippen molar-refractivity contribution in [3.63, 3.8) is 0 Å². The molecule has 0 radical (unpaired) electrons. The fourth-order valence-corrected chi connectivity index (χ4v) is 1.67. The predicted molar refractivity (Wildman–Crippen MR) is 74.8 cm³/mol. The minimum absolute atomic E-state index is 0.480. The molecule has 0 aromatic heterocycles. The van der Waals surface area contributed by atoms with Gasteiger partial charge in [-0.2, -0.15) is 0 Å². The molecule has 0 saturated heterocycles. The van der Waals surface area contributed by atoms with Gasteiger partial charge in [-0.1, -0.05) is 62.2 Å². The van der Waals surface area contributed by atoms with Crippen molar-refractivity contribution in [2.24, 2.45) is 0 Å². The Balaban J connectivity index is 2.54. The van der Waals surface area contributed by atoms with Gasteiger partial charge in [0, 0.05) is 0 Å². The molecule has 1 aromatic carbocycles. The second-order valence-electron chi connectivity index (χ2n) is 4.28. The van der Waals surface area contributed by atoms with Gasteiger partial charge in [0.05, 0.1) is 6.10 Å². The lowest BCUT2D eigenvalue weighted by Crippen LogP contribution is -1.97. The van der Waals surface area contributed by atoms with E-state index in [0.717, 1.165) is 17.6 Å². The molecule has 92 valence electrons. The van der Waals surface area contributed by atoms with E-state index in [0.29, 0.717) is 0 Å². The van der Waals surface area contributed by atoms with Crippen LogP contribution in [0.3, 0.4) is 0 Å². The van der Waals surface area contributed by atoms with Crippen LogP contribution in [0.15, 0.2) is 48.6 Å². The highest BCUT2D eigenvalue weighted by Crippen LogP contribution is 2.13. The molecular formula is C16H22O. The Morgan fingerprint density at radius 1 is 1.29 bits per heavy atom. The molecule has 0 bridgehead atoms. The van der Waals surface area contributed by atoms with Crippen molar-refractivity contribution in [1.29, 1.82) is 0 Å². The van der Waals surface area contributed by atoms with E-state index in [-0.39, 0.29) is 0 Å². The zero-order valence-corrected chi connectivity index (χ0v) is 10.8. The van der Waals surface area contributed by atoms with Crippen molar-refractivity contribution >= 4 is 5.57 Å². The van der Waals surface area contributed by atoms with Gasteiger partial charge in [0.1, 0.15) is 0 Å². The summed E-state index contributed by atoms with van der Waals surface area (Å²) < 4.78 is 0. The minimum atomic E-state index is -0.480. The van der Waals surface area contributed by atoms with Crippen molar-refractivity contribution in [3.8, 4) is 0 Å². The predicted octanol–water partition coefficient (Wildman–Crippen LogP) is 4.20. The third-order valence-electron chi connectivity index (χ3n) is 2.71. The first-order chi connectivity index (χ1) is 8.24. The van der Waals surface area contributed by atoms with Gasteiger partial charge in [-0.3, -0.25) is 0 Å². The SMILES string of the molecule is CCCC/C=C/C(O)/C=C(\C)c1ccccc1. The van der Waals surface area contributed by atoms with Gasteiger partial charge >= 0.3 is 0 Å². The Kier molecular flexibility index (Phi) is 6.34. The molecule has 1 unspecified atom stereocenters. The molecule has 0 saturated carbocycles. The van der Waals surface area contributed by atoms with Crippen LogP contribution in [0.4, 0.5) is 0 Å². The van der Waals surface area contributed by atoms with E-state index in [2.05, 4.69) is 25.1 Å². The second-order valence-corrected chi connectivity index (χ2v) is 4.28. The summed E-state index contributed by atoms with van der Waals surface area (Å²) in [4.78, 5) is 0. The number of rotatable bonds is 6. The molecule has 1 N–H and O–H groups in total. The standard InChI is InChI=1S/C16H22O/c1-3-4-5-9-12-16(17)13-14(2)15-10-7-6-8-11-15/h6-13,16-17H,3-5H2,1-2H3/b12-9+,14-13+. The van der Waals surface area contributed by atoms with Crippen LogP contribution in [0.5, 0.6) is 0 Å². The molecule has 1 rings (SSSR count). The fourth-order valence-electron chi connectivity index (χ4n) is 1.67. The third-order valence-corrected chi connectivity index (χ3v) is 2.71. The van der Waals surface area contributed by atoms with Gasteiger partial charge in [-0.25, -0.2) is 0 Å². The van der Waals surface area contributed by atoms with Crippen molar-refractivity contribution in [2.75, 3.05) is 0 Å².